The third-order valence-electron chi connectivity index (χ3n) is 3.62. The van der Waals surface area contributed by atoms with Gasteiger partial charge in [-0.3, -0.25) is 4.79 Å². The van der Waals surface area contributed by atoms with E-state index < -0.39 is 5.54 Å². The summed E-state index contributed by atoms with van der Waals surface area (Å²) in [6, 6.07) is 7.52. The van der Waals surface area contributed by atoms with Gasteiger partial charge in [0.05, 0.1) is 10.5 Å². The second kappa shape index (κ2) is 6.17. The van der Waals surface area contributed by atoms with Crippen molar-refractivity contribution in [2.45, 2.75) is 37.6 Å². The van der Waals surface area contributed by atoms with Crippen LogP contribution in [0, 0.1) is 3.57 Å². The molecule has 0 saturated heterocycles. The largest absolute Gasteiger partial charge is 0.391 e. The van der Waals surface area contributed by atoms with Gasteiger partial charge >= 0.3 is 0 Å². The number of benzene rings is 1. The number of rotatable bonds is 3. The number of carbonyl (C=O) groups excluding carboxylic acids is 1. The molecule has 0 aliphatic heterocycles. The van der Waals surface area contributed by atoms with Crippen molar-refractivity contribution in [1.82, 2.24) is 5.32 Å². The maximum absolute atomic E-state index is 12.3. The summed E-state index contributed by atoms with van der Waals surface area (Å²) < 4.78 is 1.04. The Morgan fingerprint density at radius 1 is 1.32 bits per heavy atom. The van der Waals surface area contributed by atoms with Gasteiger partial charge in [-0.25, -0.2) is 0 Å². The van der Waals surface area contributed by atoms with Crippen LogP contribution in [-0.2, 0) is 0 Å². The van der Waals surface area contributed by atoms with Crippen molar-refractivity contribution in [2.75, 3.05) is 0 Å². The van der Waals surface area contributed by atoms with Crippen LogP contribution in [0.25, 0.3) is 0 Å². The Labute approximate surface area is 132 Å². The normalized spacial score (nSPS) is 17.7. The molecular formula is C14H17IN2OS. The fourth-order valence-corrected chi connectivity index (χ4v) is 3.31. The summed E-state index contributed by atoms with van der Waals surface area (Å²) in [6.45, 7) is 0. The molecule has 1 amide bonds. The number of nitrogens with two attached hydrogens (primary N) is 1. The van der Waals surface area contributed by atoms with E-state index in [1.54, 1.807) is 0 Å². The first kappa shape index (κ1) is 14.7. The highest BCUT2D eigenvalue weighted by Gasteiger charge is 2.36. The van der Waals surface area contributed by atoms with Gasteiger partial charge in [-0.1, -0.05) is 37.5 Å². The van der Waals surface area contributed by atoms with Gasteiger partial charge < -0.3 is 11.1 Å². The maximum atomic E-state index is 12.3. The van der Waals surface area contributed by atoms with Gasteiger partial charge in [0.15, 0.2) is 0 Å². The molecule has 0 atom stereocenters. The Kier molecular flexibility index (Phi) is 4.78. The molecule has 19 heavy (non-hydrogen) atoms. The minimum atomic E-state index is -0.494. The first-order chi connectivity index (χ1) is 9.03. The molecule has 1 saturated carbocycles. The zero-order chi connectivity index (χ0) is 13.9. The van der Waals surface area contributed by atoms with Gasteiger partial charge in [0.1, 0.15) is 0 Å². The Hall–Kier alpha value is -0.690. The summed E-state index contributed by atoms with van der Waals surface area (Å²) >= 11 is 7.38. The highest BCUT2D eigenvalue weighted by Crippen LogP contribution is 2.29. The van der Waals surface area contributed by atoms with Crippen molar-refractivity contribution in [1.29, 1.82) is 0 Å². The zero-order valence-corrected chi connectivity index (χ0v) is 13.6. The van der Waals surface area contributed by atoms with E-state index in [1.807, 2.05) is 24.3 Å². The molecule has 1 aliphatic carbocycles. The molecule has 1 fully saturated rings. The second-order valence-corrected chi connectivity index (χ2v) is 6.66. The number of hydrogen-bond donors (Lipinski definition) is 2. The van der Waals surface area contributed by atoms with Crippen LogP contribution in [0.5, 0.6) is 0 Å². The summed E-state index contributed by atoms with van der Waals surface area (Å²) in [6.07, 6.45) is 4.99. The number of nitrogens with one attached hydrogen (secondary N) is 1. The van der Waals surface area contributed by atoms with Crippen LogP contribution in [0.1, 0.15) is 42.5 Å². The Morgan fingerprint density at radius 2 is 2.00 bits per heavy atom. The smallest absolute Gasteiger partial charge is 0.252 e. The summed E-state index contributed by atoms with van der Waals surface area (Å²) in [5.74, 6) is -0.0896. The lowest BCUT2D eigenvalue weighted by Crippen LogP contribution is -2.57. The number of hydrogen-bond acceptors (Lipinski definition) is 2. The van der Waals surface area contributed by atoms with Crippen molar-refractivity contribution in [3.8, 4) is 0 Å². The molecule has 102 valence electrons. The topological polar surface area (TPSA) is 55.1 Å². The lowest BCUT2D eigenvalue weighted by atomic mass is 9.81. The Balaban J connectivity index is 2.18. The molecule has 5 heteroatoms. The molecule has 3 nitrogen and oxygen atoms in total. The van der Waals surface area contributed by atoms with Gasteiger partial charge in [-0.05, 0) is 53.6 Å². The third-order valence-corrected chi connectivity index (χ3v) is 4.68. The SMILES string of the molecule is NC(=S)C1(NC(=O)c2cccc(I)c2)CCCCC1. The molecule has 0 unspecified atom stereocenters. The van der Waals surface area contributed by atoms with E-state index in [0.717, 1.165) is 29.3 Å². The van der Waals surface area contributed by atoms with Gasteiger partial charge in [-0.15, -0.1) is 0 Å². The molecule has 1 aromatic carbocycles. The number of carbonyl (C=O) groups is 1. The third kappa shape index (κ3) is 3.45. The fourth-order valence-electron chi connectivity index (χ4n) is 2.51. The van der Waals surface area contributed by atoms with Gasteiger partial charge in [0.2, 0.25) is 0 Å². The van der Waals surface area contributed by atoms with E-state index >= 15 is 0 Å². The van der Waals surface area contributed by atoms with E-state index in [-0.39, 0.29) is 5.91 Å². The van der Waals surface area contributed by atoms with Crippen molar-refractivity contribution in [3.63, 3.8) is 0 Å². The van der Waals surface area contributed by atoms with Crippen molar-refractivity contribution in [3.05, 3.63) is 33.4 Å². The minimum Gasteiger partial charge on any atom is -0.391 e. The highest BCUT2D eigenvalue weighted by molar-refractivity contribution is 14.1. The summed E-state index contributed by atoms with van der Waals surface area (Å²) in [4.78, 5) is 12.8. The van der Waals surface area contributed by atoms with Crippen LogP contribution in [0.2, 0.25) is 0 Å². The summed E-state index contributed by atoms with van der Waals surface area (Å²) in [5, 5.41) is 3.07. The second-order valence-electron chi connectivity index (χ2n) is 4.97. The summed E-state index contributed by atoms with van der Waals surface area (Å²) in [5.41, 5.74) is 6.04. The predicted molar refractivity (Wildman–Crippen MR) is 89.2 cm³/mol. The molecule has 0 heterocycles. The van der Waals surface area contributed by atoms with Gasteiger partial charge in [0.25, 0.3) is 5.91 Å². The van der Waals surface area contributed by atoms with Crippen molar-refractivity contribution in [2.24, 2.45) is 5.73 Å². The quantitative estimate of drug-likeness (QED) is 0.618. The van der Waals surface area contributed by atoms with Crippen LogP contribution < -0.4 is 11.1 Å². The average Bonchev–Trinajstić information content (AvgIpc) is 2.39. The van der Waals surface area contributed by atoms with Crippen LogP contribution in [-0.4, -0.2) is 16.4 Å². The lowest BCUT2D eigenvalue weighted by Gasteiger charge is -2.37. The minimum absolute atomic E-state index is 0.0896. The van der Waals surface area contributed by atoms with E-state index in [0.29, 0.717) is 10.6 Å². The molecular weight excluding hydrogens is 371 g/mol. The monoisotopic (exact) mass is 388 g/mol. The van der Waals surface area contributed by atoms with Crippen LogP contribution >= 0.6 is 34.8 Å². The molecule has 0 aromatic heterocycles. The molecule has 2 rings (SSSR count). The van der Waals surface area contributed by atoms with E-state index in [9.17, 15) is 4.79 Å². The average molecular weight is 388 g/mol. The maximum Gasteiger partial charge on any atom is 0.252 e. The van der Waals surface area contributed by atoms with Crippen LogP contribution in [0.4, 0.5) is 0 Å². The van der Waals surface area contributed by atoms with Crippen LogP contribution in [0.3, 0.4) is 0 Å². The number of amides is 1. The van der Waals surface area contributed by atoms with E-state index in [1.165, 1.54) is 6.42 Å². The van der Waals surface area contributed by atoms with Crippen LogP contribution in [0.15, 0.2) is 24.3 Å². The van der Waals surface area contributed by atoms with Gasteiger partial charge in [0, 0.05) is 9.13 Å². The Bertz CT molecular complexity index is 498. The molecule has 0 bridgehead atoms. The molecule has 3 N–H and O–H groups in total. The van der Waals surface area contributed by atoms with Crippen molar-refractivity contribution < 1.29 is 4.79 Å². The standard InChI is InChI=1S/C14H17IN2OS/c15-11-6-4-5-10(9-11)12(18)17-14(13(16)19)7-2-1-3-8-14/h4-6,9H,1-3,7-8H2,(H2,16,19)(H,17,18). The molecule has 1 aliphatic rings. The molecule has 1 aromatic rings. The highest BCUT2D eigenvalue weighted by atomic mass is 127. The number of halogens is 1. The number of thiocarbonyl (C=S) groups is 1. The molecule has 0 radical (unpaired) electrons. The summed E-state index contributed by atoms with van der Waals surface area (Å²) in [7, 11) is 0. The molecule has 0 spiro atoms. The zero-order valence-electron chi connectivity index (χ0n) is 10.6. The predicted octanol–water partition coefficient (Wildman–Crippen LogP) is 3.01. The first-order valence-corrected chi connectivity index (χ1v) is 7.90. The van der Waals surface area contributed by atoms with E-state index in [4.69, 9.17) is 18.0 Å². The fraction of sp³-hybridized carbons (Fsp3) is 0.429. The van der Waals surface area contributed by atoms with E-state index in [2.05, 4.69) is 27.9 Å². The lowest BCUT2D eigenvalue weighted by molar-refractivity contribution is 0.0908. The Morgan fingerprint density at radius 3 is 2.58 bits per heavy atom. The first-order valence-electron chi connectivity index (χ1n) is 6.41. The van der Waals surface area contributed by atoms with Gasteiger partial charge in [-0.2, -0.15) is 0 Å². The van der Waals surface area contributed by atoms with Crippen molar-refractivity contribution >= 4 is 45.7 Å².